The van der Waals surface area contributed by atoms with Gasteiger partial charge in [0.2, 0.25) is 11.8 Å². The molecular weight excluding hydrogens is 857 g/mol. The molecule has 4 aromatic rings. The van der Waals surface area contributed by atoms with Gasteiger partial charge in [0.1, 0.15) is 17.2 Å². The van der Waals surface area contributed by atoms with Gasteiger partial charge >= 0.3 is 5.97 Å². The number of cyclic esters (lactones) is 1. The van der Waals surface area contributed by atoms with E-state index >= 15 is 0 Å². The SMILES string of the molecule is CCO[C@@H]1c2nc(cs2)-c2ccc3c(c2)c(c(-c2cc(N4CCN(C)CC4)cnc2[C@H](C)OC)n3CCOC(C)C)CC2(CC2)COC(=O)[C@@H]([NH3+])CCCNC(=O)[C@H]1NC(=O)C1[C@@H](C)[C@H]1C. The highest BCUT2D eigenvalue weighted by atomic mass is 32.1. The zero-order valence-electron chi connectivity index (χ0n) is 40.2. The summed E-state index contributed by atoms with van der Waals surface area (Å²) in [7, 11) is 3.89. The van der Waals surface area contributed by atoms with Crippen LogP contribution in [0.15, 0.2) is 35.8 Å². The van der Waals surface area contributed by atoms with E-state index in [-0.39, 0.29) is 59.8 Å². The number of ether oxygens (including phenoxy) is 4. The van der Waals surface area contributed by atoms with Crippen LogP contribution in [0.4, 0.5) is 5.69 Å². The van der Waals surface area contributed by atoms with Gasteiger partial charge in [0, 0.05) is 98.1 Å². The topological polar surface area (TPSA) is 177 Å². The van der Waals surface area contributed by atoms with E-state index in [1.54, 1.807) is 7.11 Å². The molecule has 2 amide bonds. The molecule has 2 aliphatic heterocycles. The summed E-state index contributed by atoms with van der Waals surface area (Å²) in [4.78, 5) is 56.5. The van der Waals surface area contributed by atoms with Crippen molar-refractivity contribution in [3.8, 4) is 22.5 Å². The molecule has 2 saturated carbocycles. The number of likely N-dealkylation sites (N-methyl/N-ethyl adjacent to an activating group) is 1. The lowest BCUT2D eigenvalue weighted by atomic mass is 9.91. The van der Waals surface area contributed by atoms with Gasteiger partial charge in [-0.25, -0.2) is 9.78 Å². The first-order valence-corrected chi connectivity index (χ1v) is 25.0. The fourth-order valence-corrected chi connectivity index (χ4v) is 10.7. The zero-order valence-corrected chi connectivity index (χ0v) is 41.0. The van der Waals surface area contributed by atoms with E-state index in [0.717, 1.165) is 89.4 Å². The highest BCUT2D eigenvalue weighted by Crippen LogP contribution is 2.52. The number of esters is 1. The lowest BCUT2D eigenvalue weighted by molar-refractivity contribution is -0.410. The van der Waals surface area contributed by atoms with E-state index in [9.17, 15) is 14.4 Å². The van der Waals surface area contributed by atoms with Crippen LogP contribution in [0.1, 0.15) is 95.7 Å². The smallest absolute Gasteiger partial charge is 0.364 e. The van der Waals surface area contributed by atoms with Crippen molar-refractivity contribution in [2.24, 2.45) is 23.2 Å². The molecule has 7 atom stereocenters. The molecule has 4 aliphatic rings. The molecule has 66 heavy (non-hydrogen) atoms. The van der Waals surface area contributed by atoms with Crippen LogP contribution in [-0.4, -0.2) is 122 Å². The number of fused-ring (bicyclic) bond motifs is 4. The molecule has 3 aromatic heterocycles. The molecule has 1 spiro atoms. The van der Waals surface area contributed by atoms with Gasteiger partial charge in [0.25, 0.3) is 0 Å². The Hall–Kier alpha value is -4.45. The first-order chi connectivity index (χ1) is 31.7. The second kappa shape index (κ2) is 20.4. The Bertz CT molecular complexity index is 2360. The van der Waals surface area contributed by atoms with Crippen molar-refractivity contribution in [1.82, 2.24) is 30.1 Å². The van der Waals surface area contributed by atoms with Crippen molar-refractivity contribution in [3.63, 3.8) is 0 Å². The number of carbonyl (C=O) groups is 3. The molecule has 16 heteroatoms. The number of carbonyl (C=O) groups excluding carboxylic acids is 3. The molecule has 358 valence electrons. The number of anilines is 1. The van der Waals surface area contributed by atoms with E-state index in [1.165, 1.54) is 11.3 Å². The van der Waals surface area contributed by atoms with Crippen LogP contribution < -0.4 is 21.3 Å². The van der Waals surface area contributed by atoms with Gasteiger partial charge in [-0.1, -0.05) is 19.9 Å². The van der Waals surface area contributed by atoms with Crippen molar-refractivity contribution in [2.75, 3.05) is 71.6 Å². The quantitative estimate of drug-likeness (QED) is 0.152. The molecule has 4 bridgehead atoms. The molecule has 15 nitrogen and oxygen atoms in total. The van der Waals surface area contributed by atoms with E-state index in [4.69, 9.17) is 28.9 Å². The normalized spacial score (nSPS) is 25.5. The third-order valence-electron chi connectivity index (χ3n) is 14.5. The Kier molecular flexibility index (Phi) is 14.9. The van der Waals surface area contributed by atoms with E-state index in [2.05, 4.69) is 89.7 Å². The van der Waals surface area contributed by atoms with Crippen LogP contribution in [0.25, 0.3) is 33.4 Å². The Morgan fingerprint density at radius 3 is 2.55 bits per heavy atom. The fraction of sp³-hybridized carbons (Fsp3) is 0.620. The number of benzene rings is 1. The molecule has 3 fully saturated rings. The first-order valence-electron chi connectivity index (χ1n) is 24.1. The number of amides is 2. The maximum absolute atomic E-state index is 14.1. The van der Waals surface area contributed by atoms with Gasteiger partial charge in [-0.15, -0.1) is 11.3 Å². The van der Waals surface area contributed by atoms with Gasteiger partial charge < -0.3 is 49.7 Å². The fourth-order valence-electron chi connectivity index (χ4n) is 9.77. The summed E-state index contributed by atoms with van der Waals surface area (Å²) in [5.41, 5.74) is 11.8. The highest BCUT2D eigenvalue weighted by Gasteiger charge is 2.50. The summed E-state index contributed by atoms with van der Waals surface area (Å²) < 4.78 is 27.2. The Morgan fingerprint density at radius 1 is 1.11 bits per heavy atom. The van der Waals surface area contributed by atoms with Crippen LogP contribution >= 0.6 is 11.3 Å². The second-order valence-electron chi connectivity index (χ2n) is 19.5. The van der Waals surface area contributed by atoms with Gasteiger partial charge in [0.05, 0.1) is 54.4 Å². The minimum Gasteiger partial charge on any atom is -0.461 e. The molecule has 0 radical (unpaired) electrons. The predicted molar refractivity (Wildman–Crippen MR) is 256 cm³/mol. The Balaban J connectivity index is 1.30. The summed E-state index contributed by atoms with van der Waals surface area (Å²) in [5.74, 6) is -0.579. The average Bonchev–Trinajstić information content (AvgIpc) is 4.08. The maximum Gasteiger partial charge on any atom is 0.364 e. The number of piperazine rings is 1. The number of quaternary nitrogens is 1. The molecule has 5 N–H and O–H groups in total. The van der Waals surface area contributed by atoms with Gasteiger partial charge in [-0.05, 0) is 96.0 Å². The van der Waals surface area contributed by atoms with Crippen LogP contribution in [0.2, 0.25) is 0 Å². The van der Waals surface area contributed by atoms with Gasteiger partial charge in [-0.3, -0.25) is 14.6 Å². The zero-order chi connectivity index (χ0) is 46.9. The first kappa shape index (κ1) is 48.0. The van der Waals surface area contributed by atoms with Gasteiger partial charge in [0.15, 0.2) is 6.04 Å². The number of nitrogens with zero attached hydrogens (tertiary/aromatic N) is 5. The standard InChI is InChI=1S/C50H70N8O7S/c1-9-63-45-43(55-46(59)41-30(4)31(41)5)47(60)52-16-10-11-38(51)49(61)65-28-50(14-15-50)25-37-35-23-33(39-27-66-48(45)54-39)12-13-40(35)58(21-22-64-29(2)3)44(37)36-24-34(26-53-42(36)32(6)62-8)57-19-17-56(7)18-20-57/h12-13,23-24,26-27,29-32,38,41,43,45H,9-11,14-22,25,28,51H2,1-8H3,(H,52,60)(H,55,59)/p+1/t30-,31+,32-,38-,41?,43-,45-/m0/s1. The van der Waals surface area contributed by atoms with Crippen molar-refractivity contribution in [1.29, 1.82) is 0 Å². The summed E-state index contributed by atoms with van der Waals surface area (Å²) in [6.07, 6.45) is 4.37. The minimum atomic E-state index is -1.02. The number of aromatic nitrogens is 3. The highest BCUT2D eigenvalue weighted by molar-refractivity contribution is 7.10. The van der Waals surface area contributed by atoms with Crippen LogP contribution in [0.5, 0.6) is 0 Å². The van der Waals surface area contributed by atoms with Gasteiger partial charge in [-0.2, -0.15) is 0 Å². The summed E-state index contributed by atoms with van der Waals surface area (Å²) in [5, 5.41) is 9.78. The number of pyridine rings is 1. The third-order valence-corrected chi connectivity index (χ3v) is 15.4. The predicted octanol–water partition coefficient (Wildman–Crippen LogP) is 5.56. The number of nitrogens with one attached hydrogen (secondary N) is 2. The lowest BCUT2D eigenvalue weighted by Crippen LogP contribution is -2.65. The molecule has 5 heterocycles. The monoisotopic (exact) mass is 928 g/mol. The maximum atomic E-state index is 14.1. The summed E-state index contributed by atoms with van der Waals surface area (Å²) >= 11 is 1.42. The number of thiazole rings is 1. The molecule has 8 rings (SSSR count). The van der Waals surface area contributed by atoms with E-state index in [1.807, 2.05) is 25.4 Å². The van der Waals surface area contributed by atoms with E-state index < -0.39 is 18.2 Å². The molecule has 1 aromatic carbocycles. The molecule has 1 unspecified atom stereocenters. The van der Waals surface area contributed by atoms with Crippen molar-refractivity contribution < 1.29 is 39.1 Å². The number of hydrogen-bond acceptors (Lipinski definition) is 12. The lowest BCUT2D eigenvalue weighted by Gasteiger charge is -2.34. The molecule has 1 saturated heterocycles. The average molecular weight is 928 g/mol. The number of methoxy groups -OCH3 is 1. The van der Waals surface area contributed by atoms with Crippen LogP contribution in [-0.2, 0) is 46.3 Å². The van der Waals surface area contributed by atoms with Crippen molar-refractivity contribution in [2.45, 2.75) is 111 Å². The third kappa shape index (κ3) is 10.3. The summed E-state index contributed by atoms with van der Waals surface area (Å²) in [6, 6.07) is 7.19. The Morgan fingerprint density at radius 2 is 1.86 bits per heavy atom. The molecule has 2 aliphatic carbocycles. The van der Waals surface area contributed by atoms with E-state index in [0.29, 0.717) is 50.6 Å². The molecular formula is C50H71N8O7S+. The van der Waals surface area contributed by atoms with Crippen LogP contribution in [0.3, 0.4) is 0 Å². The number of rotatable bonds is 12. The second-order valence-corrected chi connectivity index (χ2v) is 20.4. The van der Waals surface area contributed by atoms with Crippen molar-refractivity contribution >= 4 is 45.7 Å². The van der Waals surface area contributed by atoms with Crippen molar-refractivity contribution in [3.05, 3.63) is 52.1 Å². The number of hydrogen-bond donors (Lipinski definition) is 3. The summed E-state index contributed by atoms with van der Waals surface area (Å²) in [6.45, 7) is 17.9. The minimum absolute atomic E-state index is 0.0535. The van der Waals surface area contributed by atoms with Crippen LogP contribution in [0, 0.1) is 23.2 Å². The Labute approximate surface area is 393 Å². The largest absolute Gasteiger partial charge is 0.461 e.